The third kappa shape index (κ3) is 4.58. The topological polar surface area (TPSA) is 124 Å². The van der Waals surface area contributed by atoms with Crippen LogP contribution in [0.5, 0.6) is 0 Å². The number of hydrogen-bond donors (Lipinski definition) is 2. The lowest BCUT2D eigenvalue weighted by atomic mass is 10.1. The summed E-state index contributed by atoms with van der Waals surface area (Å²) >= 11 is 2.57. The quantitative estimate of drug-likeness (QED) is 0.453. The second kappa shape index (κ2) is 8.37. The van der Waals surface area contributed by atoms with Crippen LogP contribution in [-0.4, -0.2) is 36.3 Å². The highest BCUT2D eigenvalue weighted by atomic mass is 32.2. The molecular weight excluding hydrogens is 408 g/mol. The first-order valence-corrected chi connectivity index (χ1v) is 10.3. The molecule has 0 aliphatic heterocycles. The summed E-state index contributed by atoms with van der Waals surface area (Å²) in [5.41, 5.74) is 7.95. The molecule has 0 saturated carbocycles. The van der Waals surface area contributed by atoms with Crippen LogP contribution >= 0.6 is 23.1 Å². The molecule has 29 heavy (non-hydrogen) atoms. The number of nitrogens with two attached hydrogens (primary N) is 1. The predicted molar refractivity (Wildman–Crippen MR) is 112 cm³/mol. The largest absolute Gasteiger partial charge is 0.374 e. The fraction of sp³-hybridized carbons (Fsp3) is 0.111. The van der Waals surface area contributed by atoms with E-state index in [4.69, 9.17) is 5.73 Å². The van der Waals surface area contributed by atoms with Gasteiger partial charge in [0.1, 0.15) is 5.25 Å². The van der Waals surface area contributed by atoms with Gasteiger partial charge in [0.2, 0.25) is 11.0 Å². The van der Waals surface area contributed by atoms with Crippen molar-refractivity contribution < 1.29 is 4.79 Å². The van der Waals surface area contributed by atoms with Gasteiger partial charge in [-0.1, -0.05) is 53.4 Å². The van der Waals surface area contributed by atoms with E-state index in [0.29, 0.717) is 21.0 Å². The van der Waals surface area contributed by atoms with Gasteiger partial charge in [0, 0.05) is 5.69 Å². The first-order valence-electron chi connectivity index (χ1n) is 8.57. The Morgan fingerprint density at radius 2 is 1.86 bits per heavy atom. The number of aryl methyl sites for hydroxylation is 1. The minimum absolute atomic E-state index is 0.169. The number of thioether (sulfide) groups is 1. The highest BCUT2D eigenvalue weighted by Gasteiger charge is 2.24. The third-order valence-corrected chi connectivity index (χ3v) is 5.95. The summed E-state index contributed by atoms with van der Waals surface area (Å²) < 4.78 is 0.634. The van der Waals surface area contributed by atoms with Crippen LogP contribution in [0.1, 0.15) is 16.6 Å². The molecule has 0 spiro atoms. The molecule has 2 aromatic heterocycles. The van der Waals surface area contributed by atoms with Crippen molar-refractivity contribution >= 4 is 39.8 Å². The molecule has 0 bridgehead atoms. The third-order valence-electron chi connectivity index (χ3n) is 3.86. The van der Waals surface area contributed by atoms with Crippen LogP contribution in [-0.2, 0) is 4.79 Å². The molecule has 4 aromatic rings. The number of nitrogen functional groups attached to an aromatic ring is 1. The van der Waals surface area contributed by atoms with Crippen molar-refractivity contribution in [3.63, 3.8) is 0 Å². The molecule has 146 valence electrons. The summed E-state index contributed by atoms with van der Waals surface area (Å²) in [5.74, 6) is 0.417. The predicted octanol–water partition coefficient (Wildman–Crippen LogP) is 2.88. The Morgan fingerprint density at radius 3 is 2.48 bits per heavy atom. The molecule has 2 heterocycles. The summed E-state index contributed by atoms with van der Waals surface area (Å²) in [6, 6.07) is 16.7. The van der Waals surface area contributed by atoms with Gasteiger partial charge in [0.05, 0.1) is 5.69 Å². The van der Waals surface area contributed by atoms with E-state index in [-0.39, 0.29) is 5.91 Å². The van der Waals surface area contributed by atoms with Crippen molar-refractivity contribution in [2.45, 2.75) is 16.5 Å². The maximum absolute atomic E-state index is 13.0. The molecule has 0 radical (unpaired) electrons. The number of nitrogens with zero attached hydrogens (tertiary/aromatic N) is 6. The van der Waals surface area contributed by atoms with E-state index in [2.05, 4.69) is 30.9 Å². The molecular formula is C18H16N8OS2. The van der Waals surface area contributed by atoms with Crippen LogP contribution in [0.25, 0.3) is 5.69 Å². The Bertz CT molecular complexity index is 1110. The Morgan fingerprint density at radius 1 is 1.10 bits per heavy atom. The van der Waals surface area contributed by atoms with Crippen LogP contribution in [0, 0.1) is 6.92 Å². The number of anilines is 2. The number of aromatic nitrogens is 6. The van der Waals surface area contributed by atoms with E-state index in [9.17, 15) is 4.79 Å². The molecule has 3 N–H and O–H groups in total. The van der Waals surface area contributed by atoms with E-state index in [1.165, 1.54) is 27.9 Å². The van der Waals surface area contributed by atoms with E-state index in [1.807, 2.05) is 42.5 Å². The number of nitrogens with one attached hydrogen (secondary N) is 1. The standard InChI is InChI=1S/C18H16N8OS2/c1-11-21-25-26(24-11)14-9-7-13(8-10-14)20-16(27)15(12-5-3-2-4-6-12)28-18-23-22-17(19)29-18/h2-10,15H,1H3,(H2,19,22)(H,20,27). The molecule has 1 amide bonds. The zero-order valence-corrected chi connectivity index (χ0v) is 16.9. The minimum atomic E-state index is -0.497. The molecule has 0 aliphatic rings. The number of tetrazole rings is 1. The molecule has 9 nitrogen and oxygen atoms in total. The van der Waals surface area contributed by atoms with Gasteiger partial charge in [0.15, 0.2) is 10.2 Å². The van der Waals surface area contributed by atoms with Crippen LogP contribution in [0.3, 0.4) is 0 Å². The maximum atomic E-state index is 13.0. The van der Waals surface area contributed by atoms with Crippen molar-refractivity contribution in [3.05, 3.63) is 66.0 Å². The maximum Gasteiger partial charge on any atom is 0.242 e. The first-order chi connectivity index (χ1) is 14.1. The molecule has 0 saturated heterocycles. The van der Waals surface area contributed by atoms with Crippen LogP contribution < -0.4 is 11.1 Å². The van der Waals surface area contributed by atoms with Gasteiger partial charge in [-0.2, -0.15) is 0 Å². The summed E-state index contributed by atoms with van der Waals surface area (Å²) in [7, 11) is 0. The van der Waals surface area contributed by atoms with Gasteiger partial charge in [-0.3, -0.25) is 4.79 Å². The molecule has 11 heteroatoms. The van der Waals surface area contributed by atoms with Crippen molar-refractivity contribution in [3.8, 4) is 5.69 Å². The Labute approximate surface area is 174 Å². The van der Waals surface area contributed by atoms with Gasteiger partial charge in [-0.25, -0.2) is 0 Å². The molecule has 1 atom stereocenters. The molecule has 2 aromatic carbocycles. The van der Waals surface area contributed by atoms with Crippen LogP contribution in [0.2, 0.25) is 0 Å². The summed E-state index contributed by atoms with van der Waals surface area (Å²) in [6.45, 7) is 1.77. The number of carbonyl (C=O) groups is 1. The number of hydrogen-bond acceptors (Lipinski definition) is 9. The van der Waals surface area contributed by atoms with E-state index in [1.54, 1.807) is 19.1 Å². The van der Waals surface area contributed by atoms with Gasteiger partial charge in [0.25, 0.3) is 0 Å². The zero-order valence-electron chi connectivity index (χ0n) is 15.3. The fourth-order valence-corrected chi connectivity index (χ4v) is 4.38. The van der Waals surface area contributed by atoms with E-state index in [0.717, 1.165) is 11.3 Å². The number of rotatable bonds is 6. The zero-order chi connectivity index (χ0) is 20.2. The van der Waals surface area contributed by atoms with Crippen LogP contribution in [0.15, 0.2) is 58.9 Å². The second-order valence-electron chi connectivity index (χ2n) is 5.98. The summed E-state index contributed by atoms with van der Waals surface area (Å²) in [6.07, 6.45) is 0. The Hall–Kier alpha value is -3.31. The number of benzene rings is 2. The average molecular weight is 425 g/mol. The lowest BCUT2D eigenvalue weighted by Gasteiger charge is -2.15. The molecule has 0 fully saturated rings. The lowest BCUT2D eigenvalue weighted by Crippen LogP contribution is -2.19. The SMILES string of the molecule is Cc1nnn(-c2ccc(NC(=O)C(Sc3nnc(N)s3)c3ccccc3)cc2)n1. The molecule has 0 aliphatic carbocycles. The summed E-state index contributed by atoms with van der Waals surface area (Å²) in [4.78, 5) is 14.5. The first kappa shape index (κ1) is 19.0. The normalized spacial score (nSPS) is 11.9. The highest BCUT2D eigenvalue weighted by molar-refractivity contribution is 8.02. The molecule has 1 unspecified atom stereocenters. The second-order valence-corrected chi connectivity index (χ2v) is 8.34. The summed E-state index contributed by atoms with van der Waals surface area (Å²) in [5, 5.41) is 22.6. The van der Waals surface area contributed by atoms with Crippen molar-refractivity contribution in [2.75, 3.05) is 11.1 Å². The van der Waals surface area contributed by atoms with E-state index >= 15 is 0 Å². The van der Waals surface area contributed by atoms with Crippen LogP contribution in [0.4, 0.5) is 10.8 Å². The minimum Gasteiger partial charge on any atom is -0.374 e. The van der Waals surface area contributed by atoms with Gasteiger partial charge < -0.3 is 11.1 Å². The fourth-order valence-electron chi connectivity index (χ4n) is 2.55. The van der Waals surface area contributed by atoms with Gasteiger partial charge >= 0.3 is 0 Å². The van der Waals surface area contributed by atoms with Gasteiger partial charge in [-0.05, 0) is 42.0 Å². The lowest BCUT2D eigenvalue weighted by molar-refractivity contribution is -0.115. The van der Waals surface area contributed by atoms with Crippen molar-refractivity contribution in [2.24, 2.45) is 0 Å². The van der Waals surface area contributed by atoms with Crippen molar-refractivity contribution in [1.29, 1.82) is 0 Å². The number of carbonyl (C=O) groups excluding carboxylic acids is 1. The van der Waals surface area contributed by atoms with Gasteiger partial charge in [-0.15, -0.1) is 25.2 Å². The molecule has 4 rings (SSSR count). The monoisotopic (exact) mass is 424 g/mol. The average Bonchev–Trinajstić information content (AvgIpc) is 3.35. The van der Waals surface area contributed by atoms with E-state index < -0.39 is 5.25 Å². The smallest absolute Gasteiger partial charge is 0.242 e. The van der Waals surface area contributed by atoms with Crippen molar-refractivity contribution in [1.82, 2.24) is 30.4 Å². The number of amides is 1. The Kier molecular flexibility index (Phi) is 5.49. The Balaban J connectivity index is 1.53. The highest BCUT2D eigenvalue weighted by Crippen LogP contribution is 2.38.